The van der Waals surface area contributed by atoms with E-state index >= 15 is 0 Å². The number of aryl methyl sites for hydroxylation is 2. The quantitative estimate of drug-likeness (QED) is 0.242. The molecule has 1 atom stereocenters. The minimum atomic E-state index is -4.73. The second-order valence-electron chi connectivity index (χ2n) is 12.4. The number of benzene rings is 2. The molecule has 258 valence electrons. The number of alkyl carbamates (subject to hydrolysis) is 1. The van der Waals surface area contributed by atoms with Crippen LogP contribution >= 0.6 is 0 Å². The van der Waals surface area contributed by atoms with E-state index in [2.05, 4.69) is 20.7 Å². The zero-order chi connectivity index (χ0) is 34.7. The number of fused-ring (bicyclic) bond motifs is 1. The van der Waals surface area contributed by atoms with Crippen molar-refractivity contribution in [1.29, 1.82) is 0 Å². The van der Waals surface area contributed by atoms with Crippen molar-refractivity contribution < 1.29 is 40.3 Å². The summed E-state index contributed by atoms with van der Waals surface area (Å²) >= 11 is 0. The molecule has 2 heterocycles. The Kier molecular flexibility index (Phi) is 10.6. The largest absolute Gasteiger partial charge is 0.444 e. The van der Waals surface area contributed by atoms with Gasteiger partial charge in [0.25, 0.3) is 5.95 Å². The molecule has 1 aliphatic rings. The van der Waals surface area contributed by atoms with E-state index in [4.69, 9.17) is 4.74 Å². The van der Waals surface area contributed by atoms with Gasteiger partial charge in [-0.2, -0.15) is 31.1 Å². The summed E-state index contributed by atoms with van der Waals surface area (Å²) in [5, 5.41) is 14.9. The third-order valence-electron chi connectivity index (χ3n) is 7.61. The van der Waals surface area contributed by atoms with Gasteiger partial charge in [0.2, 0.25) is 0 Å². The normalized spacial score (nSPS) is 15.7. The SMILES string of the molecule is CCc1cc2c(cc1C(F)(F)F)N(CCNC(=O)OC(C)(C)C)CCC[C@@H]2N(Cc1cc(CF)cc(C(F)(F)F)c1)c1nnn(C)n1. The molecule has 0 radical (unpaired) electrons. The number of amides is 1. The van der Waals surface area contributed by atoms with Gasteiger partial charge in [0.05, 0.1) is 24.2 Å². The minimum Gasteiger partial charge on any atom is -0.444 e. The molecule has 0 bridgehead atoms. The molecule has 1 aromatic heterocycles. The number of alkyl halides is 7. The fraction of sp³-hybridized carbons (Fsp3) is 0.548. The highest BCUT2D eigenvalue weighted by Crippen LogP contribution is 2.44. The number of carbonyl (C=O) groups is 1. The summed E-state index contributed by atoms with van der Waals surface area (Å²) in [6.07, 6.45) is -9.17. The van der Waals surface area contributed by atoms with Crippen molar-refractivity contribution in [2.75, 3.05) is 29.4 Å². The van der Waals surface area contributed by atoms with Gasteiger partial charge in [0, 0.05) is 31.9 Å². The zero-order valence-electron chi connectivity index (χ0n) is 26.8. The van der Waals surface area contributed by atoms with Gasteiger partial charge in [-0.05, 0) is 85.7 Å². The number of ether oxygens (including phenoxy) is 1. The smallest absolute Gasteiger partial charge is 0.416 e. The molecule has 4 rings (SSSR count). The maximum absolute atomic E-state index is 14.3. The van der Waals surface area contributed by atoms with Crippen LogP contribution in [0.15, 0.2) is 30.3 Å². The van der Waals surface area contributed by atoms with Gasteiger partial charge in [-0.1, -0.05) is 24.2 Å². The highest BCUT2D eigenvalue weighted by Gasteiger charge is 2.38. The highest BCUT2D eigenvalue weighted by molar-refractivity contribution is 5.68. The lowest BCUT2D eigenvalue weighted by atomic mass is 9.93. The number of tetrazole rings is 1. The zero-order valence-corrected chi connectivity index (χ0v) is 26.8. The van der Waals surface area contributed by atoms with Crippen molar-refractivity contribution in [3.8, 4) is 0 Å². The Balaban J connectivity index is 1.81. The first-order valence-corrected chi connectivity index (χ1v) is 15.1. The van der Waals surface area contributed by atoms with Gasteiger partial charge in [0.1, 0.15) is 12.3 Å². The Morgan fingerprint density at radius 1 is 1.04 bits per heavy atom. The number of carbonyl (C=O) groups excluding carboxylic acids is 1. The summed E-state index contributed by atoms with van der Waals surface area (Å²) < 4.78 is 103. The lowest BCUT2D eigenvalue weighted by molar-refractivity contribution is -0.138. The molecule has 0 saturated carbocycles. The monoisotopic (exact) mass is 673 g/mol. The fourth-order valence-corrected chi connectivity index (χ4v) is 5.66. The van der Waals surface area contributed by atoms with Gasteiger partial charge in [-0.3, -0.25) is 0 Å². The third-order valence-corrected chi connectivity index (χ3v) is 7.61. The predicted octanol–water partition coefficient (Wildman–Crippen LogP) is 7.15. The standard InChI is InChI=1S/C31H38F7N7O2/c1-6-21-15-23-25(45(27-40-42-43(5)41-27)18-20-12-19(17-32)13-22(14-20)30(33,34)35)8-7-10-44(26(23)16-24(21)31(36,37)38)11-9-39-28(46)47-29(2,3)4/h12-16,25H,6-11,17-18H2,1-5H3,(H,39,46)/t25-/m0/s1. The van der Waals surface area contributed by atoms with E-state index in [9.17, 15) is 35.5 Å². The molecular weight excluding hydrogens is 635 g/mol. The van der Waals surface area contributed by atoms with E-state index in [0.29, 0.717) is 24.9 Å². The maximum atomic E-state index is 14.3. The fourth-order valence-electron chi connectivity index (χ4n) is 5.66. The minimum absolute atomic E-state index is 0.0423. The van der Waals surface area contributed by atoms with Crippen molar-refractivity contribution in [3.63, 3.8) is 0 Å². The van der Waals surface area contributed by atoms with Crippen LogP contribution in [0.4, 0.5) is 47.2 Å². The number of nitrogens with zero attached hydrogens (tertiary/aromatic N) is 6. The van der Waals surface area contributed by atoms with Crippen LogP contribution in [-0.2, 0) is 43.8 Å². The molecule has 0 saturated heterocycles. The van der Waals surface area contributed by atoms with Crippen molar-refractivity contribution in [2.24, 2.45) is 7.05 Å². The van der Waals surface area contributed by atoms with E-state index < -0.39 is 47.9 Å². The number of hydrogen-bond acceptors (Lipinski definition) is 7. The first-order chi connectivity index (χ1) is 21.9. The van der Waals surface area contributed by atoms with Crippen molar-refractivity contribution in [1.82, 2.24) is 25.5 Å². The Bertz CT molecular complexity index is 1550. The first kappa shape index (κ1) is 35.7. The topological polar surface area (TPSA) is 88.4 Å². The average molecular weight is 674 g/mol. The summed E-state index contributed by atoms with van der Waals surface area (Å²) in [6.45, 7) is 5.92. The molecule has 0 aliphatic carbocycles. The second-order valence-corrected chi connectivity index (χ2v) is 12.4. The molecule has 1 N–H and O–H groups in total. The van der Waals surface area contributed by atoms with Crippen LogP contribution in [0.3, 0.4) is 0 Å². The molecule has 0 spiro atoms. The van der Waals surface area contributed by atoms with E-state index in [1.807, 2.05) is 0 Å². The molecule has 3 aromatic rings. The summed E-state index contributed by atoms with van der Waals surface area (Å²) in [4.78, 5) is 16.8. The second kappa shape index (κ2) is 13.9. The molecule has 1 aliphatic heterocycles. The number of halogens is 7. The molecule has 0 fully saturated rings. The van der Waals surface area contributed by atoms with Gasteiger partial charge in [0.15, 0.2) is 0 Å². The number of hydrogen-bond donors (Lipinski definition) is 1. The highest BCUT2D eigenvalue weighted by atomic mass is 19.4. The van der Waals surface area contributed by atoms with Crippen LogP contribution < -0.4 is 15.1 Å². The number of anilines is 2. The van der Waals surface area contributed by atoms with Gasteiger partial charge in [-0.25, -0.2) is 9.18 Å². The summed E-state index contributed by atoms with van der Waals surface area (Å²) in [5.74, 6) is 0.0423. The van der Waals surface area contributed by atoms with Gasteiger partial charge in [-0.15, -0.1) is 5.10 Å². The first-order valence-electron chi connectivity index (χ1n) is 15.1. The number of rotatable bonds is 9. The van der Waals surface area contributed by atoms with Crippen LogP contribution in [0.2, 0.25) is 0 Å². The van der Waals surface area contributed by atoms with Crippen LogP contribution in [-0.4, -0.2) is 51.5 Å². The van der Waals surface area contributed by atoms with Gasteiger partial charge < -0.3 is 19.9 Å². The lowest BCUT2D eigenvalue weighted by Crippen LogP contribution is -2.38. The molecule has 1 amide bonds. The van der Waals surface area contributed by atoms with E-state index in [1.165, 1.54) is 19.2 Å². The maximum Gasteiger partial charge on any atom is 0.416 e. The van der Waals surface area contributed by atoms with Crippen LogP contribution in [0.1, 0.15) is 80.0 Å². The summed E-state index contributed by atoms with van der Waals surface area (Å²) in [7, 11) is 1.51. The van der Waals surface area contributed by atoms with Crippen molar-refractivity contribution >= 4 is 17.7 Å². The molecule has 0 unspecified atom stereocenters. The molecule has 9 nitrogen and oxygen atoms in total. The molecule has 16 heteroatoms. The van der Waals surface area contributed by atoms with Crippen molar-refractivity contribution in [3.05, 3.63) is 63.7 Å². The van der Waals surface area contributed by atoms with E-state index in [-0.39, 0.29) is 54.4 Å². The van der Waals surface area contributed by atoms with Crippen LogP contribution in [0.25, 0.3) is 0 Å². The van der Waals surface area contributed by atoms with E-state index in [1.54, 1.807) is 37.5 Å². The Hall–Kier alpha value is -4.11. The Morgan fingerprint density at radius 2 is 1.74 bits per heavy atom. The number of nitrogens with one attached hydrogen (secondary N) is 1. The summed E-state index contributed by atoms with van der Waals surface area (Å²) in [5.41, 5.74) is -1.85. The number of aromatic nitrogens is 4. The van der Waals surface area contributed by atoms with Crippen LogP contribution in [0.5, 0.6) is 0 Å². The third kappa shape index (κ3) is 9.04. The molecule has 47 heavy (non-hydrogen) atoms. The van der Waals surface area contributed by atoms with E-state index in [0.717, 1.165) is 23.0 Å². The Labute approximate surface area is 268 Å². The Morgan fingerprint density at radius 3 is 2.32 bits per heavy atom. The van der Waals surface area contributed by atoms with Crippen LogP contribution in [0, 0.1) is 0 Å². The molecule has 2 aromatic carbocycles. The van der Waals surface area contributed by atoms with Gasteiger partial charge >= 0.3 is 18.4 Å². The predicted molar refractivity (Wildman–Crippen MR) is 160 cm³/mol. The summed E-state index contributed by atoms with van der Waals surface area (Å²) in [6, 6.07) is 4.84. The average Bonchev–Trinajstić information content (AvgIpc) is 3.32. The lowest BCUT2D eigenvalue weighted by Gasteiger charge is -2.33. The van der Waals surface area contributed by atoms with Crippen molar-refractivity contribution in [2.45, 2.75) is 84.2 Å². The molecular formula is C31H38F7N7O2.